The molecule has 144 valence electrons. The number of allylic oxidation sites excluding steroid dienone is 1. The van der Waals surface area contributed by atoms with Crippen molar-refractivity contribution in [3.8, 4) is 11.5 Å². The topological polar surface area (TPSA) is 52.6 Å². The Morgan fingerprint density at radius 3 is 2.59 bits per heavy atom. The van der Waals surface area contributed by atoms with Gasteiger partial charge in [-0.3, -0.25) is 4.79 Å². The number of halogens is 1. The van der Waals surface area contributed by atoms with E-state index in [0.29, 0.717) is 16.9 Å². The highest BCUT2D eigenvalue weighted by Gasteiger charge is 2.28. The minimum atomic E-state index is -0.927. The summed E-state index contributed by atoms with van der Waals surface area (Å²) in [5.74, 6) is 0.0371. The number of fused-ring (bicyclic) bond motifs is 1. The van der Waals surface area contributed by atoms with Crippen molar-refractivity contribution in [1.29, 1.82) is 0 Å². The number of aryl methyl sites for hydroxylation is 1. The maximum absolute atomic E-state index is 12.6. The Morgan fingerprint density at radius 1 is 1.03 bits per heavy atom. The molecule has 0 saturated heterocycles. The number of rotatable bonds is 4. The van der Waals surface area contributed by atoms with Crippen LogP contribution in [0.3, 0.4) is 0 Å². The van der Waals surface area contributed by atoms with Gasteiger partial charge in [-0.25, -0.2) is 4.79 Å². The van der Waals surface area contributed by atoms with Crippen LogP contribution in [0.1, 0.15) is 32.4 Å². The zero-order chi connectivity index (χ0) is 20.4. The van der Waals surface area contributed by atoms with Crippen molar-refractivity contribution >= 4 is 29.4 Å². The van der Waals surface area contributed by atoms with Crippen molar-refractivity contribution in [2.45, 2.75) is 12.3 Å². The number of carbonyl (C=O) groups is 2. The molecule has 3 aromatic carbocycles. The summed E-state index contributed by atoms with van der Waals surface area (Å²) in [5, 5.41) is -0.927. The van der Waals surface area contributed by atoms with Crippen molar-refractivity contribution < 1.29 is 19.1 Å². The lowest BCUT2D eigenvalue weighted by Crippen LogP contribution is -2.14. The first-order valence-corrected chi connectivity index (χ1v) is 9.50. The summed E-state index contributed by atoms with van der Waals surface area (Å²) >= 11 is 6.20. The first-order valence-electron chi connectivity index (χ1n) is 9.07. The van der Waals surface area contributed by atoms with Crippen LogP contribution >= 0.6 is 11.6 Å². The van der Waals surface area contributed by atoms with E-state index >= 15 is 0 Å². The molecule has 3 aromatic rings. The van der Waals surface area contributed by atoms with E-state index in [1.165, 1.54) is 6.07 Å². The fraction of sp³-hybridized carbons (Fsp3) is 0.0833. The monoisotopic (exact) mass is 404 g/mol. The molecular weight excluding hydrogens is 388 g/mol. The van der Waals surface area contributed by atoms with Gasteiger partial charge in [0.2, 0.25) is 5.78 Å². The van der Waals surface area contributed by atoms with E-state index in [1.807, 2.05) is 37.3 Å². The van der Waals surface area contributed by atoms with Crippen LogP contribution in [0.25, 0.3) is 6.08 Å². The molecule has 1 heterocycles. The van der Waals surface area contributed by atoms with E-state index in [1.54, 1.807) is 42.5 Å². The Kier molecular flexibility index (Phi) is 5.19. The Labute approximate surface area is 173 Å². The van der Waals surface area contributed by atoms with Gasteiger partial charge in [0.25, 0.3) is 0 Å². The van der Waals surface area contributed by atoms with Crippen LogP contribution in [0.4, 0.5) is 0 Å². The summed E-state index contributed by atoms with van der Waals surface area (Å²) in [7, 11) is 0. The Bertz CT molecular complexity index is 1120. The molecule has 0 aliphatic carbocycles. The molecule has 0 amide bonds. The molecule has 0 spiro atoms. The van der Waals surface area contributed by atoms with Crippen LogP contribution < -0.4 is 9.47 Å². The third kappa shape index (κ3) is 4.08. The van der Waals surface area contributed by atoms with Crippen LogP contribution in [0.15, 0.2) is 78.6 Å². The summed E-state index contributed by atoms with van der Waals surface area (Å²) in [6.07, 6.45) is 1.70. The summed E-state index contributed by atoms with van der Waals surface area (Å²) in [5.41, 5.74) is 3.04. The predicted octanol–water partition coefficient (Wildman–Crippen LogP) is 5.50. The highest BCUT2D eigenvalue weighted by molar-refractivity contribution is 6.30. The van der Waals surface area contributed by atoms with Gasteiger partial charge in [0.05, 0.1) is 5.56 Å². The SMILES string of the molecule is Cc1cccc(/C=C2\Oc3cc(OC(=O)C(Cl)c4ccccc4)ccc3C2=O)c1. The van der Waals surface area contributed by atoms with Gasteiger partial charge >= 0.3 is 5.97 Å². The summed E-state index contributed by atoms with van der Waals surface area (Å²) in [4.78, 5) is 24.9. The van der Waals surface area contributed by atoms with Gasteiger partial charge < -0.3 is 9.47 Å². The molecule has 0 aromatic heterocycles. The quantitative estimate of drug-likeness (QED) is 0.249. The predicted molar refractivity (Wildman–Crippen MR) is 111 cm³/mol. The zero-order valence-corrected chi connectivity index (χ0v) is 16.3. The lowest BCUT2D eigenvalue weighted by Gasteiger charge is -2.10. The van der Waals surface area contributed by atoms with Crippen molar-refractivity contribution in [2.75, 3.05) is 0 Å². The van der Waals surface area contributed by atoms with E-state index < -0.39 is 11.3 Å². The number of hydrogen-bond donors (Lipinski definition) is 0. The van der Waals surface area contributed by atoms with Crippen LogP contribution in [0.5, 0.6) is 11.5 Å². The second-order valence-electron chi connectivity index (χ2n) is 6.71. The number of hydrogen-bond acceptors (Lipinski definition) is 4. The second-order valence-corrected chi connectivity index (χ2v) is 7.14. The minimum Gasteiger partial charge on any atom is -0.452 e. The van der Waals surface area contributed by atoms with E-state index in [9.17, 15) is 9.59 Å². The number of alkyl halides is 1. The fourth-order valence-corrected chi connectivity index (χ4v) is 3.26. The Balaban J connectivity index is 1.52. The first-order chi connectivity index (χ1) is 14.0. The van der Waals surface area contributed by atoms with Gasteiger partial charge in [-0.15, -0.1) is 11.6 Å². The molecule has 1 aliphatic heterocycles. The standard InChI is InChI=1S/C24H17ClO4/c1-15-6-5-7-16(12-15)13-21-23(26)19-11-10-18(14-20(19)29-21)28-24(27)22(25)17-8-3-2-4-9-17/h2-14,22H,1H3/b21-13-. The maximum atomic E-state index is 12.6. The molecule has 1 unspecified atom stereocenters. The van der Waals surface area contributed by atoms with Gasteiger partial charge in [-0.2, -0.15) is 0 Å². The average molecular weight is 405 g/mol. The lowest BCUT2D eigenvalue weighted by molar-refractivity contribution is -0.134. The highest BCUT2D eigenvalue weighted by atomic mass is 35.5. The lowest BCUT2D eigenvalue weighted by atomic mass is 10.1. The number of ketones is 1. The molecule has 29 heavy (non-hydrogen) atoms. The molecular formula is C24H17ClO4. The van der Waals surface area contributed by atoms with Gasteiger partial charge in [-0.05, 0) is 36.3 Å². The number of Topliss-reactive ketones (excluding diaryl/α,β-unsaturated/α-hetero) is 1. The summed E-state index contributed by atoms with van der Waals surface area (Å²) in [6, 6.07) is 21.4. The number of benzene rings is 3. The third-order valence-corrected chi connectivity index (χ3v) is 4.93. The Morgan fingerprint density at radius 2 is 1.83 bits per heavy atom. The number of ether oxygens (including phenoxy) is 2. The van der Waals surface area contributed by atoms with E-state index in [4.69, 9.17) is 21.1 Å². The zero-order valence-electron chi connectivity index (χ0n) is 15.6. The van der Waals surface area contributed by atoms with E-state index in [-0.39, 0.29) is 17.3 Å². The van der Waals surface area contributed by atoms with E-state index in [2.05, 4.69) is 0 Å². The molecule has 4 nitrogen and oxygen atoms in total. The average Bonchev–Trinajstić information content (AvgIpc) is 3.03. The summed E-state index contributed by atoms with van der Waals surface area (Å²) < 4.78 is 11.1. The van der Waals surface area contributed by atoms with Crippen molar-refractivity contribution in [1.82, 2.24) is 0 Å². The number of esters is 1. The minimum absolute atomic E-state index is 0.209. The van der Waals surface area contributed by atoms with Gasteiger partial charge in [0.1, 0.15) is 11.5 Å². The Hall–Kier alpha value is -3.37. The molecule has 0 radical (unpaired) electrons. The molecule has 0 saturated carbocycles. The van der Waals surface area contributed by atoms with Crippen molar-refractivity contribution in [3.63, 3.8) is 0 Å². The number of carbonyl (C=O) groups excluding carboxylic acids is 2. The van der Waals surface area contributed by atoms with E-state index in [0.717, 1.165) is 11.1 Å². The van der Waals surface area contributed by atoms with Gasteiger partial charge in [0.15, 0.2) is 11.1 Å². The van der Waals surface area contributed by atoms with Crippen LogP contribution in [0, 0.1) is 6.92 Å². The largest absolute Gasteiger partial charge is 0.452 e. The fourth-order valence-electron chi connectivity index (χ4n) is 3.07. The molecule has 1 atom stereocenters. The first kappa shape index (κ1) is 19.0. The summed E-state index contributed by atoms with van der Waals surface area (Å²) in [6.45, 7) is 1.98. The molecule has 0 N–H and O–H groups in total. The van der Waals surface area contributed by atoms with Crippen LogP contribution in [-0.2, 0) is 4.79 Å². The van der Waals surface area contributed by atoms with Crippen LogP contribution in [0.2, 0.25) is 0 Å². The molecule has 0 fully saturated rings. The van der Waals surface area contributed by atoms with Crippen LogP contribution in [-0.4, -0.2) is 11.8 Å². The van der Waals surface area contributed by atoms with Crippen molar-refractivity contribution in [3.05, 3.63) is 101 Å². The normalized spacial score (nSPS) is 15.0. The third-order valence-electron chi connectivity index (χ3n) is 4.50. The van der Waals surface area contributed by atoms with Gasteiger partial charge in [0, 0.05) is 6.07 Å². The smallest absolute Gasteiger partial charge is 0.334 e. The second kappa shape index (κ2) is 7.94. The van der Waals surface area contributed by atoms with Crippen molar-refractivity contribution in [2.24, 2.45) is 0 Å². The molecule has 1 aliphatic rings. The molecule has 5 heteroatoms. The molecule has 4 rings (SSSR count). The highest BCUT2D eigenvalue weighted by Crippen LogP contribution is 2.35. The van der Waals surface area contributed by atoms with Gasteiger partial charge in [-0.1, -0.05) is 60.2 Å². The molecule has 0 bridgehead atoms. The maximum Gasteiger partial charge on any atom is 0.334 e.